The van der Waals surface area contributed by atoms with Gasteiger partial charge in [-0.3, -0.25) is 4.79 Å². The molecule has 0 saturated heterocycles. The van der Waals surface area contributed by atoms with Gasteiger partial charge in [0.15, 0.2) is 17.6 Å². The average Bonchev–Trinajstić information content (AvgIpc) is 2.57. The van der Waals surface area contributed by atoms with Crippen molar-refractivity contribution >= 4 is 5.78 Å². The molecule has 7 heteroatoms. The summed E-state index contributed by atoms with van der Waals surface area (Å²) >= 11 is 0. The second-order valence-electron chi connectivity index (χ2n) is 5.29. The number of hydrogen-bond donors (Lipinski definition) is 3. The van der Waals surface area contributed by atoms with Crippen molar-refractivity contribution in [1.82, 2.24) is 0 Å². The smallest absolute Gasteiger partial charge is 0.211 e. The van der Waals surface area contributed by atoms with E-state index in [-0.39, 0.29) is 28.6 Å². The molecule has 2 aromatic carbocycles. The Kier molecular flexibility index (Phi) is 3.94. The largest absolute Gasteiger partial charge is 0.507 e. The van der Waals surface area contributed by atoms with Crippen molar-refractivity contribution in [3.05, 3.63) is 41.5 Å². The van der Waals surface area contributed by atoms with Crippen molar-refractivity contribution < 1.29 is 34.3 Å². The number of phenolic OH excluding ortho intramolecular Hbond substituents is 2. The van der Waals surface area contributed by atoms with Crippen LogP contribution < -0.4 is 14.2 Å². The number of rotatable bonds is 3. The van der Waals surface area contributed by atoms with Gasteiger partial charge in [0.2, 0.25) is 5.78 Å². The summed E-state index contributed by atoms with van der Waals surface area (Å²) in [5.74, 6) is -0.375. The highest BCUT2D eigenvalue weighted by molar-refractivity contribution is 5.92. The molecule has 3 N–H and O–H groups in total. The molecule has 0 bridgehead atoms. The summed E-state index contributed by atoms with van der Waals surface area (Å²) in [7, 11) is 2.83. The fraction of sp³-hybridized carbons (Fsp3) is 0.235. The Labute approximate surface area is 137 Å². The maximum atomic E-state index is 12.4. The number of Topliss-reactive ketones (excluding diaryl/α,β-unsaturated/α-hetero) is 1. The molecule has 2 unspecified atom stereocenters. The first-order chi connectivity index (χ1) is 11.5. The molecule has 126 valence electrons. The maximum Gasteiger partial charge on any atom is 0.211 e. The van der Waals surface area contributed by atoms with Crippen LogP contribution in [-0.2, 0) is 4.79 Å². The van der Waals surface area contributed by atoms with Crippen LogP contribution >= 0.6 is 0 Å². The van der Waals surface area contributed by atoms with Gasteiger partial charge in [0.25, 0.3) is 0 Å². The molecule has 2 aromatic rings. The summed E-state index contributed by atoms with van der Waals surface area (Å²) < 4.78 is 15.7. The fourth-order valence-corrected chi connectivity index (χ4v) is 2.65. The van der Waals surface area contributed by atoms with Gasteiger partial charge in [0.1, 0.15) is 23.4 Å². The molecule has 2 atom stereocenters. The third kappa shape index (κ3) is 2.48. The van der Waals surface area contributed by atoms with Gasteiger partial charge in [0.05, 0.1) is 19.8 Å². The van der Waals surface area contributed by atoms with Gasteiger partial charge >= 0.3 is 0 Å². The van der Waals surface area contributed by atoms with E-state index in [1.165, 1.54) is 38.5 Å². The second-order valence-corrected chi connectivity index (χ2v) is 5.29. The van der Waals surface area contributed by atoms with E-state index in [9.17, 15) is 20.1 Å². The van der Waals surface area contributed by atoms with Crippen LogP contribution in [0, 0.1) is 0 Å². The monoisotopic (exact) mass is 332 g/mol. The zero-order valence-electron chi connectivity index (χ0n) is 13.0. The zero-order valence-corrected chi connectivity index (χ0v) is 13.0. The normalized spacial score (nSPS) is 19.4. The minimum atomic E-state index is -1.55. The van der Waals surface area contributed by atoms with E-state index in [2.05, 4.69) is 0 Å². The summed E-state index contributed by atoms with van der Waals surface area (Å²) in [6.07, 6.45) is -2.68. The van der Waals surface area contributed by atoms with Crippen LogP contribution in [0.2, 0.25) is 0 Å². The first-order valence-corrected chi connectivity index (χ1v) is 7.12. The molecule has 24 heavy (non-hydrogen) atoms. The van der Waals surface area contributed by atoms with Crippen LogP contribution in [0.5, 0.6) is 28.7 Å². The van der Waals surface area contributed by atoms with Crippen molar-refractivity contribution in [2.75, 3.05) is 14.2 Å². The molecule has 0 radical (unpaired) electrons. The highest BCUT2D eigenvalue weighted by Crippen LogP contribution is 2.45. The molecule has 3 rings (SSSR count). The summed E-state index contributed by atoms with van der Waals surface area (Å²) in [6, 6.07) is 7.14. The van der Waals surface area contributed by atoms with Gasteiger partial charge in [-0.25, -0.2) is 0 Å². The average molecular weight is 332 g/mol. The Morgan fingerprint density at radius 3 is 2.42 bits per heavy atom. The summed E-state index contributed by atoms with van der Waals surface area (Å²) in [5, 5.41) is 30.1. The van der Waals surface area contributed by atoms with Gasteiger partial charge in [-0.2, -0.15) is 0 Å². The van der Waals surface area contributed by atoms with E-state index in [0.29, 0.717) is 11.3 Å². The molecule has 0 aromatic heterocycles. The topological polar surface area (TPSA) is 105 Å². The SMILES string of the molecule is COc1cc(O)c2c(c1)OC(c1ccc(OC)c(O)c1)C(=O)C2O. The number of ether oxygens (including phenoxy) is 3. The predicted molar refractivity (Wildman–Crippen MR) is 82.7 cm³/mol. The number of hydrogen-bond acceptors (Lipinski definition) is 7. The van der Waals surface area contributed by atoms with E-state index < -0.39 is 18.0 Å². The van der Waals surface area contributed by atoms with Crippen LogP contribution in [0.25, 0.3) is 0 Å². The van der Waals surface area contributed by atoms with E-state index in [0.717, 1.165) is 0 Å². The first-order valence-electron chi connectivity index (χ1n) is 7.12. The standard InChI is InChI=1S/C17H16O7/c1-22-9-6-11(19)14-13(7-9)24-17(16(21)15(14)20)8-3-4-12(23-2)10(18)5-8/h3-7,15,17-20H,1-2H3. The molecule has 1 aliphatic rings. The Bertz CT molecular complexity index is 800. The molecule has 0 fully saturated rings. The number of benzene rings is 2. The van der Waals surface area contributed by atoms with Crippen molar-refractivity contribution in [3.8, 4) is 28.7 Å². The lowest BCUT2D eigenvalue weighted by molar-refractivity contribution is -0.137. The molecule has 7 nitrogen and oxygen atoms in total. The quantitative estimate of drug-likeness (QED) is 0.787. The van der Waals surface area contributed by atoms with Gasteiger partial charge in [0, 0.05) is 17.7 Å². The Hall–Kier alpha value is -2.93. The van der Waals surface area contributed by atoms with Crippen molar-refractivity contribution in [2.45, 2.75) is 12.2 Å². The molecular formula is C17H16O7. The molecule has 0 amide bonds. The fourth-order valence-electron chi connectivity index (χ4n) is 2.65. The summed E-state index contributed by atoms with van der Waals surface area (Å²) in [6.45, 7) is 0. The lowest BCUT2D eigenvalue weighted by Gasteiger charge is -2.29. The Balaban J connectivity index is 2.05. The van der Waals surface area contributed by atoms with E-state index in [4.69, 9.17) is 14.2 Å². The number of carbonyl (C=O) groups is 1. The summed E-state index contributed by atoms with van der Waals surface area (Å²) in [5.41, 5.74) is 0.347. The van der Waals surface area contributed by atoms with E-state index in [1.54, 1.807) is 6.07 Å². The van der Waals surface area contributed by atoms with Crippen LogP contribution in [0.15, 0.2) is 30.3 Å². The molecule has 1 aliphatic heterocycles. The number of aromatic hydroxyl groups is 2. The van der Waals surface area contributed by atoms with Crippen LogP contribution in [-0.4, -0.2) is 35.3 Å². The van der Waals surface area contributed by atoms with Gasteiger partial charge in [-0.05, 0) is 12.1 Å². The number of phenols is 2. The first kappa shape index (κ1) is 15.9. The van der Waals surface area contributed by atoms with Gasteiger partial charge < -0.3 is 29.5 Å². The van der Waals surface area contributed by atoms with E-state index in [1.807, 2.05) is 0 Å². The molecule has 0 aliphatic carbocycles. The molecule has 0 saturated carbocycles. The van der Waals surface area contributed by atoms with Crippen LogP contribution in [0.4, 0.5) is 0 Å². The third-order valence-corrected chi connectivity index (χ3v) is 3.88. The van der Waals surface area contributed by atoms with Crippen LogP contribution in [0.3, 0.4) is 0 Å². The predicted octanol–water partition coefficient (Wildman–Crippen LogP) is 1.85. The summed E-state index contributed by atoms with van der Waals surface area (Å²) in [4.78, 5) is 12.4. The van der Waals surface area contributed by atoms with E-state index >= 15 is 0 Å². The molecular weight excluding hydrogens is 316 g/mol. The number of carbonyl (C=O) groups excluding carboxylic acids is 1. The van der Waals surface area contributed by atoms with Crippen LogP contribution in [0.1, 0.15) is 23.3 Å². The number of aliphatic hydroxyl groups excluding tert-OH is 1. The maximum absolute atomic E-state index is 12.4. The Morgan fingerprint density at radius 1 is 1.04 bits per heavy atom. The van der Waals surface area contributed by atoms with Crippen molar-refractivity contribution in [1.29, 1.82) is 0 Å². The zero-order chi connectivity index (χ0) is 17.4. The number of fused-ring (bicyclic) bond motifs is 1. The third-order valence-electron chi connectivity index (χ3n) is 3.88. The highest BCUT2D eigenvalue weighted by atomic mass is 16.5. The van der Waals surface area contributed by atoms with Gasteiger partial charge in [-0.1, -0.05) is 6.07 Å². The lowest BCUT2D eigenvalue weighted by atomic mass is 9.92. The van der Waals surface area contributed by atoms with Gasteiger partial charge in [-0.15, -0.1) is 0 Å². The Morgan fingerprint density at radius 2 is 1.79 bits per heavy atom. The number of ketones is 1. The second kappa shape index (κ2) is 5.93. The highest BCUT2D eigenvalue weighted by Gasteiger charge is 2.39. The molecule has 0 spiro atoms. The van der Waals surface area contributed by atoms with Crippen molar-refractivity contribution in [2.24, 2.45) is 0 Å². The number of aliphatic hydroxyl groups is 1. The molecule has 1 heterocycles. The minimum Gasteiger partial charge on any atom is -0.507 e. The number of methoxy groups -OCH3 is 2. The van der Waals surface area contributed by atoms with Crippen molar-refractivity contribution in [3.63, 3.8) is 0 Å². The minimum absolute atomic E-state index is 0.00483. The lowest BCUT2D eigenvalue weighted by Crippen LogP contribution is -2.30.